The molecular formula is C29H29ClN2O4S. The summed E-state index contributed by atoms with van der Waals surface area (Å²) < 4.78 is 35.7. The number of rotatable bonds is 5. The Morgan fingerprint density at radius 2 is 1.68 bits per heavy atom. The third-order valence-corrected chi connectivity index (χ3v) is 8.10. The van der Waals surface area contributed by atoms with Crippen LogP contribution in [0.2, 0.25) is 5.02 Å². The van der Waals surface area contributed by atoms with Crippen LogP contribution in [-0.2, 0) is 14.6 Å². The van der Waals surface area contributed by atoms with Crippen LogP contribution in [0.4, 0.5) is 5.69 Å². The lowest BCUT2D eigenvalue weighted by Gasteiger charge is -2.36. The van der Waals surface area contributed by atoms with E-state index in [0.717, 1.165) is 52.1 Å². The highest BCUT2D eigenvalue weighted by Gasteiger charge is 2.23. The zero-order chi connectivity index (χ0) is 26.3. The number of aromatic nitrogens is 1. The Morgan fingerprint density at radius 3 is 2.30 bits per heavy atom. The molecule has 3 aromatic carbocycles. The van der Waals surface area contributed by atoms with Crippen LogP contribution in [0, 0.1) is 0 Å². The van der Waals surface area contributed by atoms with E-state index in [0.29, 0.717) is 10.6 Å². The summed E-state index contributed by atoms with van der Waals surface area (Å²) in [6.07, 6.45) is 3.37. The van der Waals surface area contributed by atoms with Crippen molar-refractivity contribution in [3.63, 3.8) is 0 Å². The Balaban J connectivity index is 1.54. The first kappa shape index (κ1) is 25.5. The van der Waals surface area contributed by atoms with Crippen LogP contribution in [0.25, 0.3) is 33.2 Å². The summed E-state index contributed by atoms with van der Waals surface area (Å²) in [6.45, 7) is 5.93. The third kappa shape index (κ3) is 5.04. The molecule has 6 nitrogen and oxygen atoms in total. The van der Waals surface area contributed by atoms with E-state index in [-0.39, 0.29) is 17.1 Å². The first-order valence-corrected chi connectivity index (χ1v) is 14.4. The second-order valence-corrected chi connectivity index (χ2v) is 12.0. The molecule has 1 aliphatic heterocycles. The van der Waals surface area contributed by atoms with Crippen molar-refractivity contribution in [1.29, 1.82) is 0 Å². The molecule has 2 atom stereocenters. The van der Waals surface area contributed by atoms with Crippen molar-refractivity contribution in [2.24, 2.45) is 0 Å². The van der Waals surface area contributed by atoms with E-state index in [4.69, 9.17) is 26.1 Å². The molecule has 0 N–H and O–H groups in total. The van der Waals surface area contributed by atoms with Crippen molar-refractivity contribution < 1.29 is 17.9 Å². The van der Waals surface area contributed by atoms with Crippen LogP contribution in [0.15, 0.2) is 71.8 Å². The SMILES string of the molecule is COc1c(-c2ccc(N3C[C@@H](C)O[C@@H](C)C3)cc2)cnc2c(-c3ccc(S(C)(=O)=O)cc3Cl)cccc12. The van der Waals surface area contributed by atoms with Gasteiger partial charge in [0.15, 0.2) is 9.84 Å². The predicted octanol–water partition coefficient (Wildman–Crippen LogP) is 6.25. The number of benzene rings is 3. The van der Waals surface area contributed by atoms with Crippen LogP contribution in [0.3, 0.4) is 0 Å². The molecule has 37 heavy (non-hydrogen) atoms. The van der Waals surface area contributed by atoms with Crippen LogP contribution in [-0.4, -0.2) is 52.1 Å². The maximum absolute atomic E-state index is 11.9. The molecule has 1 fully saturated rings. The smallest absolute Gasteiger partial charge is 0.175 e. The van der Waals surface area contributed by atoms with Gasteiger partial charge in [0.1, 0.15) is 5.75 Å². The van der Waals surface area contributed by atoms with Crippen LogP contribution < -0.4 is 9.64 Å². The van der Waals surface area contributed by atoms with Gasteiger partial charge in [0.25, 0.3) is 0 Å². The highest BCUT2D eigenvalue weighted by molar-refractivity contribution is 7.90. The summed E-state index contributed by atoms with van der Waals surface area (Å²) in [5.41, 5.74) is 5.29. The summed E-state index contributed by atoms with van der Waals surface area (Å²) in [5.74, 6) is 0.720. The molecule has 192 valence electrons. The van der Waals surface area contributed by atoms with Crippen LogP contribution in [0.5, 0.6) is 5.75 Å². The van der Waals surface area contributed by atoms with E-state index < -0.39 is 9.84 Å². The maximum atomic E-state index is 11.9. The number of ether oxygens (including phenoxy) is 2. The maximum Gasteiger partial charge on any atom is 0.175 e. The molecule has 0 aliphatic carbocycles. The second kappa shape index (κ2) is 9.97. The third-order valence-electron chi connectivity index (χ3n) is 6.67. The Labute approximate surface area is 222 Å². The Bertz CT molecular complexity index is 1560. The van der Waals surface area contributed by atoms with Gasteiger partial charge in [-0.1, -0.05) is 41.9 Å². The fourth-order valence-corrected chi connectivity index (χ4v) is 6.02. The quantitative estimate of drug-likeness (QED) is 0.300. The van der Waals surface area contributed by atoms with E-state index >= 15 is 0 Å². The molecular weight excluding hydrogens is 508 g/mol. The molecule has 0 bridgehead atoms. The zero-order valence-corrected chi connectivity index (χ0v) is 22.8. The molecule has 1 aliphatic rings. The monoisotopic (exact) mass is 536 g/mol. The highest BCUT2D eigenvalue weighted by atomic mass is 35.5. The van der Waals surface area contributed by atoms with Crippen LogP contribution >= 0.6 is 11.6 Å². The number of fused-ring (bicyclic) bond motifs is 1. The normalized spacial score (nSPS) is 18.2. The van der Waals surface area contributed by atoms with Crippen LogP contribution in [0.1, 0.15) is 13.8 Å². The number of halogens is 1. The van der Waals surface area contributed by atoms with Crippen molar-refractivity contribution in [3.05, 3.63) is 71.9 Å². The number of hydrogen-bond donors (Lipinski definition) is 0. The van der Waals surface area contributed by atoms with E-state index in [9.17, 15) is 8.42 Å². The van der Waals surface area contributed by atoms with E-state index in [2.05, 4.69) is 43.0 Å². The van der Waals surface area contributed by atoms with Crippen molar-refractivity contribution >= 4 is 38.0 Å². The first-order chi connectivity index (χ1) is 17.7. The minimum atomic E-state index is -3.36. The molecule has 0 unspecified atom stereocenters. The van der Waals surface area contributed by atoms with Gasteiger partial charge in [-0.05, 0) is 49.7 Å². The van der Waals surface area contributed by atoms with Gasteiger partial charge >= 0.3 is 0 Å². The molecule has 2 heterocycles. The number of anilines is 1. The molecule has 5 rings (SSSR count). The van der Waals surface area contributed by atoms with Gasteiger partial charge in [-0.3, -0.25) is 4.98 Å². The fourth-order valence-electron chi connectivity index (χ4n) is 5.03. The number of pyridine rings is 1. The summed E-state index contributed by atoms with van der Waals surface area (Å²) >= 11 is 6.53. The molecule has 1 saturated heterocycles. The average molecular weight is 537 g/mol. The minimum Gasteiger partial charge on any atom is -0.495 e. The van der Waals surface area contributed by atoms with Crippen molar-refractivity contribution in [2.75, 3.05) is 31.4 Å². The summed E-state index contributed by atoms with van der Waals surface area (Å²) in [4.78, 5) is 7.33. The largest absolute Gasteiger partial charge is 0.495 e. The lowest BCUT2D eigenvalue weighted by Crippen LogP contribution is -2.45. The minimum absolute atomic E-state index is 0.179. The number of nitrogens with zero attached hydrogens (tertiary/aromatic N) is 2. The number of methoxy groups -OCH3 is 1. The number of sulfone groups is 1. The summed E-state index contributed by atoms with van der Waals surface area (Å²) in [7, 11) is -1.70. The molecule has 0 radical (unpaired) electrons. The van der Waals surface area contributed by atoms with E-state index in [1.807, 2.05) is 24.4 Å². The van der Waals surface area contributed by atoms with Gasteiger partial charge < -0.3 is 14.4 Å². The van der Waals surface area contributed by atoms with Gasteiger partial charge in [0, 0.05) is 58.3 Å². The van der Waals surface area contributed by atoms with Crippen molar-refractivity contribution in [1.82, 2.24) is 4.98 Å². The summed E-state index contributed by atoms with van der Waals surface area (Å²) in [5, 5.41) is 1.20. The number of hydrogen-bond acceptors (Lipinski definition) is 6. The molecule has 1 aromatic heterocycles. The molecule has 4 aromatic rings. The van der Waals surface area contributed by atoms with E-state index in [1.54, 1.807) is 19.2 Å². The van der Waals surface area contributed by atoms with Gasteiger partial charge in [-0.25, -0.2) is 8.42 Å². The van der Waals surface area contributed by atoms with Crippen molar-refractivity contribution in [3.8, 4) is 28.0 Å². The lowest BCUT2D eigenvalue weighted by molar-refractivity contribution is -0.00521. The van der Waals surface area contributed by atoms with Gasteiger partial charge in [-0.2, -0.15) is 0 Å². The zero-order valence-electron chi connectivity index (χ0n) is 21.2. The number of para-hydroxylation sites is 1. The Hall–Kier alpha value is -3.13. The molecule has 0 saturated carbocycles. The van der Waals surface area contributed by atoms with Gasteiger partial charge in [0.05, 0.1) is 29.7 Å². The average Bonchev–Trinajstić information content (AvgIpc) is 2.86. The lowest BCUT2D eigenvalue weighted by atomic mass is 9.98. The standard InChI is InChI=1S/C29H29ClN2O4S/c1-18-16-32(17-19(2)36-18)21-10-8-20(9-11-21)26-15-31-28-24(6-5-7-25(28)29(26)35-3)23-13-12-22(14-27(23)30)37(4,33)34/h5-15,18-19H,16-17H2,1-4H3/t18-,19+. The summed E-state index contributed by atoms with van der Waals surface area (Å²) in [6, 6.07) is 19.0. The molecule has 8 heteroatoms. The van der Waals surface area contributed by atoms with Crippen molar-refractivity contribution in [2.45, 2.75) is 31.0 Å². The molecule has 0 amide bonds. The topological polar surface area (TPSA) is 68.7 Å². The second-order valence-electron chi connectivity index (χ2n) is 9.53. The Kier molecular flexibility index (Phi) is 6.88. The highest BCUT2D eigenvalue weighted by Crippen LogP contribution is 2.41. The Morgan fingerprint density at radius 1 is 0.973 bits per heavy atom. The van der Waals surface area contributed by atoms with Gasteiger partial charge in [-0.15, -0.1) is 0 Å². The molecule has 0 spiro atoms. The first-order valence-electron chi connectivity index (χ1n) is 12.1. The van der Waals surface area contributed by atoms with Gasteiger partial charge in [0.2, 0.25) is 0 Å². The number of morpholine rings is 1. The van der Waals surface area contributed by atoms with E-state index in [1.165, 1.54) is 12.3 Å². The fraction of sp³-hybridized carbons (Fsp3) is 0.276. The predicted molar refractivity (Wildman–Crippen MR) is 150 cm³/mol.